The third-order valence-electron chi connectivity index (χ3n) is 4.00. The first-order valence-electron chi connectivity index (χ1n) is 7.37. The number of halogens is 1. The van der Waals surface area contributed by atoms with Crippen LogP contribution in [0.5, 0.6) is 11.5 Å². The first-order valence-corrected chi connectivity index (χ1v) is 7.37. The van der Waals surface area contributed by atoms with Crippen LogP contribution in [0.2, 0.25) is 0 Å². The van der Waals surface area contributed by atoms with Gasteiger partial charge in [0.25, 0.3) is 0 Å². The zero-order valence-electron chi connectivity index (χ0n) is 12.5. The molecular weight excluding hydrogens is 307 g/mol. The van der Waals surface area contributed by atoms with Gasteiger partial charge in [0.05, 0.1) is 0 Å². The predicted octanol–water partition coefficient (Wildman–Crippen LogP) is 4.45. The minimum Gasteiger partial charge on any atom is -0.504 e. The van der Waals surface area contributed by atoms with Gasteiger partial charge in [-0.25, -0.2) is 9.37 Å². The molecule has 118 valence electrons. The lowest BCUT2D eigenvalue weighted by Crippen LogP contribution is -1.83. The van der Waals surface area contributed by atoms with E-state index >= 15 is 0 Å². The highest BCUT2D eigenvalue weighted by Crippen LogP contribution is 2.34. The molecule has 0 aliphatic heterocycles. The summed E-state index contributed by atoms with van der Waals surface area (Å²) >= 11 is 0. The second-order valence-electron chi connectivity index (χ2n) is 5.53. The molecule has 3 N–H and O–H groups in total. The summed E-state index contributed by atoms with van der Waals surface area (Å²) in [6.07, 6.45) is 3.53. The van der Waals surface area contributed by atoms with Gasteiger partial charge in [0.1, 0.15) is 11.5 Å². The van der Waals surface area contributed by atoms with E-state index < -0.39 is 0 Å². The molecule has 24 heavy (non-hydrogen) atoms. The fourth-order valence-corrected chi connectivity index (χ4v) is 2.73. The SMILES string of the molecule is Oc1ccc(-c2cnc3[nH]cc(-c4ccc(F)cc4)c3c2)cc1O. The third-order valence-corrected chi connectivity index (χ3v) is 4.00. The molecule has 0 radical (unpaired) electrons. The Morgan fingerprint density at radius 1 is 0.833 bits per heavy atom. The minimum atomic E-state index is -0.281. The lowest BCUT2D eigenvalue weighted by Gasteiger charge is -2.05. The van der Waals surface area contributed by atoms with Gasteiger partial charge < -0.3 is 15.2 Å². The Hall–Kier alpha value is -3.34. The summed E-state index contributed by atoms with van der Waals surface area (Å²) in [5.74, 6) is -0.626. The molecule has 0 aliphatic carbocycles. The van der Waals surface area contributed by atoms with Gasteiger partial charge in [-0.3, -0.25) is 0 Å². The van der Waals surface area contributed by atoms with E-state index in [2.05, 4.69) is 9.97 Å². The van der Waals surface area contributed by atoms with Gasteiger partial charge in [0.15, 0.2) is 11.5 Å². The van der Waals surface area contributed by atoms with Crippen molar-refractivity contribution in [3.63, 3.8) is 0 Å². The molecule has 0 saturated heterocycles. The molecule has 4 rings (SSSR count). The highest BCUT2D eigenvalue weighted by atomic mass is 19.1. The molecule has 5 heteroatoms. The molecule has 4 nitrogen and oxygen atoms in total. The molecule has 0 aliphatic rings. The fraction of sp³-hybridized carbons (Fsp3) is 0. The first-order chi connectivity index (χ1) is 11.6. The van der Waals surface area contributed by atoms with Gasteiger partial charge in [-0.15, -0.1) is 0 Å². The second kappa shape index (κ2) is 5.38. The Morgan fingerprint density at radius 2 is 1.58 bits per heavy atom. The quantitative estimate of drug-likeness (QED) is 0.478. The summed E-state index contributed by atoms with van der Waals surface area (Å²) in [6.45, 7) is 0. The van der Waals surface area contributed by atoms with Gasteiger partial charge in [-0.05, 0) is 41.5 Å². The van der Waals surface area contributed by atoms with Crippen LogP contribution in [0.25, 0.3) is 33.3 Å². The normalized spacial score (nSPS) is 11.0. The molecule has 0 atom stereocenters. The monoisotopic (exact) mass is 320 g/mol. The van der Waals surface area contributed by atoms with Crippen LogP contribution in [-0.4, -0.2) is 20.2 Å². The predicted molar refractivity (Wildman–Crippen MR) is 90.3 cm³/mol. The van der Waals surface area contributed by atoms with Crippen molar-refractivity contribution in [2.45, 2.75) is 0 Å². The summed E-state index contributed by atoms with van der Waals surface area (Å²) in [5, 5.41) is 20.0. The highest BCUT2D eigenvalue weighted by Gasteiger charge is 2.10. The van der Waals surface area contributed by atoms with Crippen LogP contribution in [0, 0.1) is 5.82 Å². The Morgan fingerprint density at radius 3 is 2.33 bits per heavy atom. The molecule has 2 aromatic heterocycles. The van der Waals surface area contributed by atoms with Crippen molar-refractivity contribution in [2.24, 2.45) is 0 Å². The van der Waals surface area contributed by atoms with Crippen LogP contribution in [0.1, 0.15) is 0 Å². The lowest BCUT2D eigenvalue weighted by atomic mass is 10.0. The third kappa shape index (κ3) is 2.36. The Bertz CT molecular complexity index is 1040. The second-order valence-corrected chi connectivity index (χ2v) is 5.53. The van der Waals surface area contributed by atoms with E-state index in [-0.39, 0.29) is 17.3 Å². The summed E-state index contributed by atoms with van der Waals surface area (Å²) < 4.78 is 13.1. The summed E-state index contributed by atoms with van der Waals surface area (Å²) in [7, 11) is 0. The van der Waals surface area contributed by atoms with Gasteiger partial charge >= 0.3 is 0 Å². The number of hydrogen-bond donors (Lipinski definition) is 3. The first kappa shape index (κ1) is 14.3. The average molecular weight is 320 g/mol. The van der Waals surface area contributed by atoms with E-state index in [1.54, 1.807) is 24.4 Å². The molecule has 0 bridgehead atoms. The van der Waals surface area contributed by atoms with E-state index in [0.717, 1.165) is 33.3 Å². The summed E-state index contributed by atoms with van der Waals surface area (Å²) in [5.41, 5.74) is 4.07. The van der Waals surface area contributed by atoms with Crippen molar-refractivity contribution in [3.05, 3.63) is 66.7 Å². The maximum Gasteiger partial charge on any atom is 0.158 e. The smallest absolute Gasteiger partial charge is 0.158 e. The lowest BCUT2D eigenvalue weighted by molar-refractivity contribution is 0.404. The number of nitrogens with one attached hydrogen (secondary N) is 1. The van der Waals surface area contributed by atoms with Gasteiger partial charge in [-0.2, -0.15) is 0 Å². The van der Waals surface area contributed by atoms with E-state index in [1.807, 2.05) is 12.3 Å². The van der Waals surface area contributed by atoms with E-state index in [1.165, 1.54) is 24.3 Å². The molecule has 0 unspecified atom stereocenters. The molecule has 0 fully saturated rings. The van der Waals surface area contributed by atoms with Crippen molar-refractivity contribution in [1.29, 1.82) is 0 Å². The molecular formula is C19H13FN2O2. The highest BCUT2D eigenvalue weighted by molar-refractivity contribution is 5.95. The average Bonchev–Trinajstić information content (AvgIpc) is 3.01. The van der Waals surface area contributed by atoms with Crippen LogP contribution in [0.4, 0.5) is 4.39 Å². The number of rotatable bonds is 2. The Balaban J connectivity index is 1.86. The van der Waals surface area contributed by atoms with Crippen molar-refractivity contribution in [1.82, 2.24) is 9.97 Å². The van der Waals surface area contributed by atoms with Gasteiger partial charge in [0.2, 0.25) is 0 Å². The van der Waals surface area contributed by atoms with Gasteiger partial charge in [0, 0.05) is 28.9 Å². The Labute approximate surface area is 136 Å². The summed E-state index contributed by atoms with van der Waals surface area (Å²) in [6, 6.07) is 12.9. The number of aromatic amines is 1. The maximum absolute atomic E-state index is 13.1. The molecule has 4 aromatic rings. The van der Waals surface area contributed by atoms with Crippen LogP contribution < -0.4 is 0 Å². The number of phenols is 2. The molecule has 0 spiro atoms. The largest absolute Gasteiger partial charge is 0.504 e. The van der Waals surface area contributed by atoms with Crippen molar-refractivity contribution >= 4 is 11.0 Å². The number of pyridine rings is 1. The van der Waals surface area contributed by atoms with Crippen LogP contribution in [0.3, 0.4) is 0 Å². The van der Waals surface area contributed by atoms with Crippen LogP contribution >= 0.6 is 0 Å². The maximum atomic E-state index is 13.1. The standard InChI is InChI=1S/C19H13FN2O2/c20-14-4-1-11(2-5-14)16-10-22-19-15(16)7-13(9-21-19)12-3-6-17(23)18(24)8-12/h1-10,23-24H,(H,21,22). The number of benzene rings is 2. The Kier molecular flexibility index (Phi) is 3.20. The molecule has 0 saturated carbocycles. The molecule has 2 heterocycles. The number of H-pyrrole nitrogens is 1. The number of nitrogens with zero attached hydrogens (tertiary/aromatic N) is 1. The van der Waals surface area contributed by atoms with Gasteiger partial charge in [-0.1, -0.05) is 18.2 Å². The summed E-state index contributed by atoms with van der Waals surface area (Å²) in [4.78, 5) is 7.51. The van der Waals surface area contributed by atoms with Crippen LogP contribution in [0.15, 0.2) is 60.9 Å². The zero-order valence-corrected chi connectivity index (χ0v) is 12.5. The number of aromatic hydroxyl groups is 2. The fourth-order valence-electron chi connectivity index (χ4n) is 2.73. The van der Waals surface area contributed by atoms with E-state index in [9.17, 15) is 14.6 Å². The van der Waals surface area contributed by atoms with E-state index in [0.29, 0.717) is 0 Å². The number of fused-ring (bicyclic) bond motifs is 1. The minimum absolute atomic E-state index is 0.165. The molecule has 2 aromatic carbocycles. The number of hydrogen-bond acceptors (Lipinski definition) is 3. The number of aromatic nitrogens is 2. The van der Waals surface area contributed by atoms with Crippen LogP contribution in [-0.2, 0) is 0 Å². The molecule has 0 amide bonds. The zero-order chi connectivity index (χ0) is 16.7. The van der Waals surface area contributed by atoms with Crippen molar-refractivity contribution in [3.8, 4) is 33.8 Å². The number of phenolic OH excluding ortho intramolecular Hbond substituents is 2. The topological polar surface area (TPSA) is 69.1 Å². The van der Waals surface area contributed by atoms with Crippen molar-refractivity contribution in [2.75, 3.05) is 0 Å². The van der Waals surface area contributed by atoms with Crippen molar-refractivity contribution < 1.29 is 14.6 Å². The van der Waals surface area contributed by atoms with E-state index in [4.69, 9.17) is 0 Å².